The van der Waals surface area contributed by atoms with Gasteiger partial charge in [0.2, 0.25) is 12.5 Å². The number of nitrogens with zero attached hydrogens (tertiary/aromatic N) is 4. The van der Waals surface area contributed by atoms with Gasteiger partial charge in [-0.15, -0.1) is 0 Å². The highest BCUT2D eigenvalue weighted by molar-refractivity contribution is 5.93. The number of fused-ring (bicyclic) bond motifs is 5. The molecule has 204 valence electrons. The zero-order valence-corrected chi connectivity index (χ0v) is 22.6. The van der Waals surface area contributed by atoms with Crippen LogP contribution in [0.5, 0.6) is 23.0 Å². The molecule has 0 spiro atoms. The van der Waals surface area contributed by atoms with Crippen molar-refractivity contribution in [3.05, 3.63) is 42.1 Å². The highest BCUT2D eigenvalue weighted by Gasteiger charge is 2.31. The normalized spacial score (nSPS) is 19.6. The fourth-order valence-corrected chi connectivity index (χ4v) is 6.44. The number of methoxy groups -OCH3 is 1. The number of hydrogen-bond donors (Lipinski definition) is 0. The molecule has 4 aliphatic heterocycles. The van der Waals surface area contributed by atoms with Crippen LogP contribution in [0.1, 0.15) is 18.4 Å². The summed E-state index contributed by atoms with van der Waals surface area (Å²) in [7, 11) is 3.80. The number of rotatable bonds is 3. The fraction of sp³-hybridized carbons (Fsp3) is 0.467. The summed E-state index contributed by atoms with van der Waals surface area (Å²) in [6, 6.07) is 10.8. The van der Waals surface area contributed by atoms with E-state index in [0.29, 0.717) is 30.6 Å². The van der Waals surface area contributed by atoms with E-state index in [4.69, 9.17) is 18.9 Å². The smallest absolute Gasteiger partial charge is 0.415 e. The van der Waals surface area contributed by atoms with Gasteiger partial charge >= 0.3 is 6.09 Å². The average molecular weight is 532 g/mol. The van der Waals surface area contributed by atoms with Crippen LogP contribution in [0.3, 0.4) is 0 Å². The molecular formula is C30H35N4O5+. The number of pyridine rings is 1. The quantitative estimate of drug-likeness (QED) is 0.481. The topological polar surface area (TPSA) is 67.6 Å². The van der Waals surface area contributed by atoms with E-state index in [1.54, 1.807) is 7.11 Å². The first kappa shape index (κ1) is 24.5. The molecule has 0 aliphatic carbocycles. The highest BCUT2D eigenvalue weighted by atomic mass is 16.7. The Hall–Kier alpha value is -3.56. The molecule has 1 aromatic heterocycles. The van der Waals surface area contributed by atoms with Crippen LogP contribution in [-0.2, 0) is 13.0 Å². The molecule has 7 rings (SSSR count). The van der Waals surface area contributed by atoms with E-state index in [0.717, 1.165) is 72.7 Å². The van der Waals surface area contributed by atoms with E-state index >= 15 is 0 Å². The van der Waals surface area contributed by atoms with E-state index in [-0.39, 0.29) is 12.9 Å². The number of amides is 1. The zero-order valence-electron chi connectivity index (χ0n) is 22.6. The molecule has 4 aliphatic rings. The number of likely N-dealkylation sites (tertiary alicyclic amines) is 1. The molecule has 0 radical (unpaired) electrons. The van der Waals surface area contributed by atoms with Crippen molar-refractivity contribution in [1.82, 2.24) is 14.7 Å². The van der Waals surface area contributed by atoms with Crippen molar-refractivity contribution in [2.45, 2.75) is 31.8 Å². The number of piperidine rings is 1. The Morgan fingerprint density at radius 1 is 1.00 bits per heavy atom. The van der Waals surface area contributed by atoms with Crippen LogP contribution in [0.4, 0.5) is 4.79 Å². The fourth-order valence-electron chi connectivity index (χ4n) is 6.44. The molecule has 39 heavy (non-hydrogen) atoms. The van der Waals surface area contributed by atoms with Gasteiger partial charge in [-0.3, -0.25) is 4.90 Å². The number of piperazine rings is 1. The van der Waals surface area contributed by atoms with Gasteiger partial charge in [0.1, 0.15) is 0 Å². The Bertz CT molecular complexity index is 1430. The molecule has 0 bridgehead atoms. The predicted octanol–water partition coefficient (Wildman–Crippen LogP) is 3.30. The minimum Gasteiger partial charge on any atom is -0.493 e. The molecule has 9 heteroatoms. The van der Waals surface area contributed by atoms with Crippen LogP contribution < -0.4 is 23.5 Å². The number of carbonyl (C=O) groups excluding carboxylic acids is 1. The SMILES string of the molecule is COc1ccc2cc3[n+](cc2c1OC(=O)N1CCN(C2CCN(C)CC2)CC1)CCc1cc2c(cc1-3)OCO2. The number of carbonyl (C=O) groups is 1. The van der Waals surface area contributed by atoms with Gasteiger partial charge in [-0.05, 0) is 68.2 Å². The second-order valence-corrected chi connectivity index (χ2v) is 11.0. The van der Waals surface area contributed by atoms with Crippen molar-refractivity contribution >= 4 is 16.9 Å². The van der Waals surface area contributed by atoms with Gasteiger partial charge in [0, 0.05) is 44.7 Å². The molecule has 9 nitrogen and oxygen atoms in total. The van der Waals surface area contributed by atoms with Crippen LogP contribution in [-0.4, -0.2) is 87.1 Å². The first-order valence-electron chi connectivity index (χ1n) is 13.9. The van der Waals surface area contributed by atoms with Crippen molar-refractivity contribution in [1.29, 1.82) is 0 Å². The summed E-state index contributed by atoms with van der Waals surface area (Å²) in [5.41, 5.74) is 3.50. The molecule has 3 aromatic rings. The summed E-state index contributed by atoms with van der Waals surface area (Å²) in [4.78, 5) is 20.1. The van der Waals surface area contributed by atoms with Crippen LogP contribution in [0.2, 0.25) is 0 Å². The molecule has 0 saturated carbocycles. The first-order valence-corrected chi connectivity index (χ1v) is 13.9. The molecule has 0 atom stereocenters. The summed E-state index contributed by atoms with van der Waals surface area (Å²) in [6.45, 7) is 6.50. The zero-order chi connectivity index (χ0) is 26.5. The monoisotopic (exact) mass is 531 g/mol. The van der Waals surface area contributed by atoms with Crippen molar-refractivity contribution in [3.63, 3.8) is 0 Å². The maximum atomic E-state index is 13.4. The summed E-state index contributed by atoms with van der Waals surface area (Å²) in [5, 5.41) is 1.85. The second-order valence-electron chi connectivity index (χ2n) is 11.0. The number of aryl methyl sites for hydroxylation is 2. The molecule has 2 aromatic carbocycles. The maximum Gasteiger partial charge on any atom is 0.415 e. The van der Waals surface area contributed by atoms with E-state index in [1.165, 1.54) is 18.4 Å². The maximum absolute atomic E-state index is 13.4. The molecular weight excluding hydrogens is 496 g/mol. The van der Waals surface area contributed by atoms with Gasteiger partial charge < -0.3 is 28.7 Å². The summed E-state index contributed by atoms with van der Waals surface area (Å²) in [6.07, 6.45) is 5.05. The van der Waals surface area contributed by atoms with Gasteiger partial charge in [-0.2, -0.15) is 4.57 Å². The Balaban J connectivity index is 1.13. The Kier molecular flexibility index (Phi) is 6.20. The van der Waals surface area contributed by atoms with Crippen molar-refractivity contribution in [3.8, 4) is 34.3 Å². The minimum absolute atomic E-state index is 0.262. The number of hydrogen-bond acceptors (Lipinski definition) is 7. The lowest BCUT2D eigenvalue weighted by molar-refractivity contribution is -0.686. The lowest BCUT2D eigenvalue weighted by Gasteiger charge is -2.41. The Labute approximate surface area is 228 Å². The van der Waals surface area contributed by atoms with Gasteiger partial charge in [-0.1, -0.05) is 0 Å². The van der Waals surface area contributed by atoms with E-state index < -0.39 is 0 Å². The Morgan fingerprint density at radius 3 is 2.54 bits per heavy atom. The average Bonchev–Trinajstić information content (AvgIpc) is 3.43. The second kappa shape index (κ2) is 9.88. The van der Waals surface area contributed by atoms with Gasteiger partial charge in [0.15, 0.2) is 35.7 Å². The third kappa shape index (κ3) is 4.43. The van der Waals surface area contributed by atoms with Gasteiger partial charge in [0.05, 0.1) is 18.1 Å². The summed E-state index contributed by atoms with van der Waals surface area (Å²) in [5.74, 6) is 2.63. The highest BCUT2D eigenvalue weighted by Crippen LogP contribution is 2.41. The van der Waals surface area contributed by atoms with Crippen molar-refractivity contribution in [2.24, 2.45) is 0 Å². The van der Waals surface area contributed by atoms with E-state index in [9.17, 15) is 4.79 Å². The lowest BCUT2D eigenvalue weighted by atomic mass is 9.95. The summed E-state index contributed by atoms with van der Waals surface area (Å²) >= 11 is 0. The molecule has 2 saturated heterocycles. The molecule has 1 amide bonds. The van der Waals surface area contributed by atoms with Crippen LogP contribution in [0.15, 0.2) is 36.5 Å². The largest absolute Gasteiger partial charge is 0.493 e. The molecule has 0 unspecified atom stereocenters. The number of benzene rings is 2. The van der Waals surface area contributed by atoms with Crippen molar-refractivity contribution in [2.75, 3.05) is 60.2 Å². The number of aromatic nitrogens is 1. The minimum atomic E-state index is -0.315. The van der Waals surface area contributed by atoms with Crippen LogP contribution >= 0.6 is 0 Å². The lowest BCUT2D eigenvalue weighted by Crippen LogP contribution is -2.54. The summed E-state index contributed by atoms with van der Waals surface area (Å²) < 4.78 is 25.2. The van der Waals surface area contributed by atoms with E-state index in [2.05, 4.69) is 45.8 Å². The molecule has 0 N–H and O–H groups in total. The van der Waals surface area contributed by atoms with Crippen LogP contribution in [0, 0.1) is 0 Å². The van der Waals surface area contributed by atoms with Crippen LogP contribution in [0.25, 0.3) is 22.0 Å². The third-order valence-corrected chi connectivity index (χ3v) is 8.76. The Morgan fingerprint density at radius 2 is 1.77 bits per heavy atom. The van der Waals surface area contributed by atoms with E-state index in [1.807, 2.05) is 17.0 Å². The third-order valence-electron chi connectivity index (χ3n) is 8.76. The standard InChI is InChI=1S/C30H35N4O5/c1-31-8-6-22(7-9-31)32-11-13-33(14-12-32)30(35)39-29-24-18-34-10-5-21-16-27-28(38-19-37-27)17-23(21)25(34)15-20(24)3-4-26(29)36-2/h3-4,15-18,22H,5-14,19H2,1-2H3/q+1. The first-order chi connectivity index (χ1) is 19.1. The predicted molar refractivity (Wildman–Crippen MR) is 146 cm³/mol. The van der Waals surface area contributed by atoms with Gasteiger partial charge in [-0.25, -0.2) is 4.79 Å². The molecule has 2 fully saturated rings. The number of ether oxygens (including phenoxy) is 4. The van der Waals surface area contributed by atoms with Crippen molar-refractivity contribution < 1.29 is 28.3 Å². The molecule has 5 heterocycles. The van der Waals surface area contributed by atoms with Gasteiger partial charge in [0.25, 0.3) is 0 Å².